The molecular formula is C14H19NO2. The van der Waals surface area contributed by atoms with Crippen molar-refractivity contribution in [1.82, 2.24) is 0 Å². The van der Waals surface area contributed by atoms with Gasteiger partial charge < -0.3 is 9.47 Å². The molecule has 1 aromatic rings. The molecular weight excluding hydrogens is 214 g/mol. The Bertz CT molecular complexity index is 414. The van der Waals surface area contributed by atoms with Crippen molar-refractivity contribution < 1.29 is 9.47 Å². The second-order valence-corrected chi connectivity index (χ2v) is 5.21. The Kier molecular flexibility index (Phi) is 4.01. The maximum Gasteiger partial charge on any atom is 0.127 e. The molecule has 17 heavy (non-hydrogen) atoms. The average molecular weight is 233 g/mol. The lowest BCUT2D eigenvalue weighted by molar-refractivity contribution is 0.355. The highest BCUT2D eigenvalue weighted by molar-refractivity contribution is 5.51. The molecule has 3 heteroatoms. The number of nitrogens with zero attached hydrogens (tertiary/aromatic N) is 1. The zero-order chi connectivity index (χ0) is 13.1. The maximum absolute atomic E-state index is 8.94. The first-order valence-corrected chi connectivity index (χ1v) is 5.56. The lowest BCUT2D eigenvalue weighted by Crippen LogP contribution is -2.11. The number of hydrogen-bond donors (Lipinski definition) is 0. The number of hydrogen-bond acceptors (Lipinski definition) is 3. The van der Waals surface area contributed by atoms with Crippen LogP contribution >= 0.6 is 0 Å². The smallest absolute Gasteiger partial charge is 0.127 e. The molecule has 0 aromatic heterocycles. The van der Waals surface area contributed by atoms with Crippen LogP contribution in [-0.4, -0.2) is 14.2 Å². The van der Waals surface area contributed by atoms with Crippen molar-refractivity contribution in [2.75, 3.05) is 14.2 Å². The molecule has 1 aromatic carbocycles. The minimum absolute atomic E-state index is 0.134. The Morgan fingerprint density at radius 3 is 1.88 bits per heavy atom. The van der Waals surface area contributed by atoms with Crippen LogP contribution in [0.4, 0.5) is 0 Å². The zero-order valence-electron chi connectivity index (χ0n) is 11.1. The van der Waals surface area contributed by atoms with Gasteiger partial charge in [-0.05, 0) is 24.0 Å². The van der Waals surface area contributed by atoms with E-state index < -0.39 is 0 Å². The van der Waals surface area contributed by atoms with E-state index in [9.17, 15) is 0 Å². The quantitative estimate of drug-likeness (QED) is 0.805. The molecule has 0 aliphatic carbocycles. The molecule has 0 spiro atoms. The van der Waals surface area contributed by atoms with Gasteiger partial charge in [-0.25, -0.2) is 0 Å². The second kappa shape index (κ2) is 5.09. The fraction of sp³-hybridized carbons (Fsp3) is 0.500. The van der Waals surface area contributed by atoms with Gasteiger partial charge in [-0.2, -0.15) is 5.26 Å². The number of benzene rings is 1. The molecule has 1 rings (SSSR count). The minimum atomic E-state index is 0.134. The highest BCUT2D eigenvalue weighted by Crippen LogP contribution is 2.35. The first kappa shape index (κ1) is 13.4. The second-order valence-electron chi connectivity index (χ2n) is 5.21. The molecule has 0 unspecified atom stereocenters. The summed E-state index contributed by atoms with van der Waals surface area (Å²) in [6.07, 6.45) is 0.838. The number of nitriles is 1. The molecule has 0 N–H and O–H groups in total. The van der Waals surface area contributed by atoms with E-state index in [1.807, 2.05) is 0 Å². The Morgan fingerprint density at radius 1 is 1.12 bits per heavy atom. The summed E-state index contributed by atoms with van der Waals surface area (Å²) in [5, 5.41) is 8.94. The van der Waals surface area contributed by atoms with Crippen molar-refractivity contribution in [2.24, 2.45) is 5.41 Å². The Morgan fingerprint density at radius 2 is 1.59 bits per heavy atom. The van der Waals surface area contributed by atoms with E-state index in [1.165, 1.54) is 0 Å². The monoisotopic (exact) mass is 233 g/mol. The van der Waals surface area contributed by atoms with Crippen LogP contribution in [0.2, 0.25) is 0 Å². The van der Waals surface area contributed by atoms with Gasteiger partial charge in [0.15, 0.2) is 0 Å². The first-order chi connectivity index (χ1) is 7.91. The Labute approximate surface area is 103 Å². The number of methoxy groups -OCH3 is 2. The van der Waals surface area contributed by atoms with Crippen LogP contribution in [0.3, 0.4) is 0 Å². The van der Waals surface area contributed by atoms with Crippen LogP contribution in [0.1, 0.15) is 31.9 Å². The highest BCUT2D eigenvalue weighted by atomic mass is 16.5. The van der Waals surface area contributed by atoms with Crippen molar-refractivity contribution >= 4 is 0 Å². The van der Waals surface area contributed by atoms with E-state index in [0.29, 0.717) is 5.56 Å². The van der Waals surface area contributed by atoms with Crippen LogP contribution in [0.5, 0.6) is 11.5 Å². The summed E-state index contributed by atoms with van der Waals surface area (Å²) in [7, 11) is 3.23. The van der Waals surface area contributed by atoms with E-state index in [0.717, 1.165) is 23.5 Å². The summed E-state index contributed by atoms with van der Waals surface area (Å²) in [5.41, 5.74) is 1.70. The fourth-order valence-electron chi connectivity index (χ4n) is 1.75. The van der Waals surface area contributed by atoms with Crippen LogP contribution in [0.25, 0.3) is 0 Å². The van der Waals surface area contributed by atoms with Gasteiger partial charge in [0.05, 0.1) is 25.9 Å². The standard InChI is InChI=1S/C14H19NO2/c1-14(2,3)8-11-12(16-4)6-10(9-15)7-13(11)17-5/h6-7H,8H2,1-5H3. The van der Waals surface area contributed by atoms with Crippen LogP contribution in [0.15, 0.2) is 12.1 Å². The van der Waals surface area contributed by atoms with Crippen molar-refractivity contribution in [3.8, 4) is 17.6 Å². The van der Waals surface area contributed by atoms with Gasteiger partial charge in [-0.3, -0.25) is 0 Å². The van der Waals surface area contributed by atoms with Gasteiger partial charge in [0.25, 0.3) is 0 Å². The molecule has 0 atom stereocenters. The fourth-order valence-corrected chi connectivity index (χ4v) is 1.75. The van der Waals surface area contributed by atoms with Gasteiger partial charge in [-0.15, -0.1) is 0 Å². The Hall–Kier alpha value is -1.69. The first-order valence-electron chi connectivity index (χ1n) is 5.56. The van der Waals surface area contributed by atoms with E-state index in [4.69, 9.17) is 14.7 Å². The predicted octanol–water partition coefficient (Wildman–Crippen LogP) is 3.16. The molecule has 0 bridgehead atoms. The summed E-state index contributed by atoms with van der Waals surface area (Å²) in [5.74, 6) is 1.44. The molecule has 0 heterocycles. The van der Waals surface area contributed by atoms with E-state index >= 15 is 0 Å². The molecule has 92 valence electrons. The molecule has 0 amide bonds. The number of ether oxygens (including phenoxy) is 2. The highest BCUT2D eigenvalue weighted by Gasteiger charge is 2.19. The zero-order valence-corrected chi connectivity index (χ0v) is 11.1. The van der Waals surface area contributed by atoms with Crippen LogP contribution in [-0.2, 0) is 6.42 Å². The van der Waals surface area contributed by atoms with Gasteiger partial charge in [0.1, 0.15) is 11.5 Å². The minimum Gasteiger partial charge on any atom is -0.496 e. The Balaban J connectivity index is 3.31. The third-order valence-electron chi connectivity index (χ3n) is 2.44. The molecule has 0 aliphatic heterocycles. The third kappa shape index (κ3) is 3.39. The predicted molar refractivity (Wildman–Crippen MR) is 67.4 cm³/mol. The van der Waals surface area contributed by atoms with Gasteiger partial charge in [0, 0.05) is 5.56 Å². The molecule has 0 saturated carbocycles. The summed E-state index contributed by atoms with van der Waals surface area (Å²) in [4.78, 5) is 0. The van der Waals surface area contributed by atoms with Crippen molar-refractivity contribution in [3.63, 3.8) is 0 Å². The molecule has 0 fully saturated rings. The normalized spacial score (nSPS) is 10.8. The van der Waals surface area contributed by atoms with Crippen LogP contribution in [0, 0.1) is 16.7 Å². The SMILES string of the molecule is COc1cc(C#N)cc(OC)c1CC(C)(C)C. The third-order valence-corrected chi connectivity index (χ3v) is 2.44. The van der Waals surface area contributed by atoms with Crippen molar-refractivity contribution in [1.29, 1.82) is 5.26 Å². The van der Waals surface area contributed by atoms with Crippen LogP contribution < -0.4 is 9.47 Å². The van der Waals surface area contributed by atoms with Gasteiger partial charge >= 0.3 is 0 Å². The largest absolute Gasteiger partial charge is 0.496 e. The van der Waals surface area contributed by atoms with E-state index in [1.54, 1.807) is 26.4 Å². The van der Waals surface area contributed by atoms with Gasteiger partial charge in [0.2, 0.25) is 0 Å². The van der Waals surface area contributed by atoms with E-state index in [2.05, 4.69) is 26.8 Å². The van der Waals surface area contributed by atoms with E-state index in [-0.39, 0.29) is 5.41 Å². The summed E-state index contributed by atoms with van der Waals surface area (Å²) in [6, 6.07) is 5.61. The average Bonchev–Trinajstić information content (AvgIpc) is 2.27. The van der Waals surface area contributed by atoms with Gasteiger partial charge in [-0.1, -0.05) is 20.8 Å². The maximum atomic E-state index is 8.94. The summed E-state index contributed by atoms with van der Waals surface area (Å²) >= 11 is 0. The van der Waals surface area contributed by atoms with Crippen molar-refractivity contribution in [2.45, 2.75) is 27.2 Å². The molecule has 3 nitrogen and oxygen atoms in total. The summed E-state index contributed by atoms with van der Waals surface area (Å²) < 4.78 is 10.7. The van der Waals surface area contributed by atoms with Crippen molar-refractivity contribution in [3.05, 3.63) is 23.3 Å². The lowest BCUT2D eigenvalue weighted by atomic mass is 9.87. The topological polar surface area (TPSA) is 42.2 Å². The molecule has 0 aliphatic rings. The number of rotatable bonds is 3. The lowest BCUT2D eigenvalue weighted by Gasteiger charge is -2.22. The molecule has 0 radical (unpaired) electrons. The molecule has 0 saturated heterocycles. The summed E-state index contributed by atoms with van der Waals surface area (Å²) in [6.45, 7) is 6.47.